The van der Waals surface area contributed by atoms with Gasteiger partial charge in [-0.2, -0.15) is 0 Å². The third-order valence-corrected chi connectivity index (χ3v) is 3.66. The first-order valence-corrected chi connectivity index (χ1v) is 6.71. The van der Waals surface area contributed by atoms with E-state index in [9.17, 15) is 0 Å². The van der Waals surface area contributed by atoms with Gasteiger partial charge in [0.2, 0.25) is 0 Å². The Hall–Kier alpha value is -2.08. The maximum atomic E-state index is 8.89. The molecule has 2 rings (SSSR count). The smallest absolute Gasteiger partial charge is 0.147 e. The quantitative estimate of drug-likeness (QED) is 0.218. The van der Waals surface area contributed by atoms with Crippen molar-refractivity contribution in [3.8, 4) is 0 Å². The molecular weight excluding hydrogens is 260 g/mol. The lowest BCUT2D eigenvalue weighted by atomic mass is 10.0. The van der Waals surface area contributed by atoms with Gasteiger partial charge in [-0.05, 0) is 11.6 Å². The number of nitrogens with zero attached hydrogens (tertiary/aromatic N) is 3. The zero-order valence-electron chi connectivity index (χ0n) is 10.2. The molecule has 0 saturated carbocycles. The molecule has 0 spiro atoms. The summed E-state index contributed by atoms with van der Waals surface area (Å²) in [6.07, 6.45) is 3.19. The Labute approximate surface area is 115 Å². The van der Waals surface area contributed by atoms with Gasteiger partial charge in [-0.3, -0.25) is 0 Å². The highest BCUT2D eigenvalue weighted by atomic mass is 32.2. The third kappa shape index (κ3) is 3.69. The molecule has 1 aromatic heterocycles. The number of rotatable bonds is 5. The van der Waals surface area contributed by atoms with Crippen molar-refractivity contribution in [2.24, 2.45) is 10.9 Å². The number of thioether (sulfide) groups is 1. The third-order valence-electron chi connectivity index (χ3n) is 2.63. The Balaban J connectivity index is 2.12. The van der Waals surface area contributed by atoms with E-state index in [4.69, 9.17) is 10.9 Å². The lowest BCUT2D eigenvalue weighted by Gasteiger charge is -2.15. The van der Waals surface area contributed by atoms with E-state index >= 15 is 0 Å². The van der Waals surface area contributed by atoms with Crippen LogP contribution in [0.3, 0.4) is 0 Å². The van der Waals surface area contributed by atoms with Gasteiger partial charge < -0.3 is 10.9 Å². The second kappa shape index (κ2) is 6.75. The predicted molar refractivity (Wildman–Crippen MR) is 75.3 cm³/mol. The topological polar surface area (TPSA) is 84.4 Å². The molecule has 6 heteroatoms. The average molecular weight is 274 g/mol. The SMILES string of the molecule is NC(=NO)C(CSc1ccncn1)c1ccccc1. The monoisotopic (exact) mass is 274 g/mol. The summed E-state index contributed by atoms with van der Waals surface area (Å²) in [7, 11) is 0. The molecular formula is C13H14N4OS. The molecule has 0 radical (unpaired) electrons. The van der Waals surface area contributed by atoms with Crippen molar-refractivity contribution in [1.82, 2.24) is 9.97 Å². The van der Waals surface area contributed by atoms with E-state index in [2.05, 4.69) is 15.1 Å². The summed E-state index contributed by atoms with van der Waals surface area (Å²) in [4.78, 5) is 8.01. The number of amidine groups is 1. The van der Waals surface area contributed by atoms with Crippen LogP contribution in [0.15, 0.2) is 59.1 Å². The minimum Gasteiger partial charge on any atom is -0.409 e. The summed E-state index contributed by atoms with van der Waals surface area (Å²) in [6, 6.07) is 11.6. The highest BCUT2D eigenvalue weighted by Crippen LogP contribution is 2.24. The number of nitrogens with two attached hydrogens (primary N) is 1. The molecule has 1 aromatic carbocycles. The molecule has 19 heavy (non-hydrogen) atoms. The van der Waals surface area contributed by atoms with Crippen LogP contribution in [-0.4, -0.2) is 26.8 Å². The Kier molecular flexibility index (Phi) is 4.74. The van der Waals surface area contributed by atoms with Crippen LogP contribution in [0, 0.1) is 0 Å². The first-order valence-electron chi connectivity index (χ1n) is 5.72. The van der Waals surface area contributed by atoms with E-state index in [-0.39, 0.29) is 11.8 Å². The molecule has 0 bridgehead atoms. The van der Waals surface area contributed by atoms with Crippen molar-refractivity contribution < 1.29 is 5.21 Å². The van der Waals surface area contributed by atoms with Gasteiger partial charge >= 0.3 is 0 Å². The molecule has 98 valence electrons. The summed E-state index contributed by atoms with van der Waals surface area (Å²) in [5, 5.41) is 12.9. The molecule has 0 aliphatic carbocycles. The van der Waals surface area contributed by atoms with E-state index in [0.717, 1.165) is 10.6 Å². The van der Waals surface area contributed by atoms with E-state index < -0.39 is 0 Å². The first kappa shape index (κ1) is 13.4. The molecule has 0 aliphatic rings. The van der Waals surface area contributed by atoms with Crippen LogP contribution >= 0.6 is 11.8 Å². The van der Waals surface area contributed by atoms with Gasteiger partial charge in [-0.1, -0.05) is 35.5 Å². The van der Waals surface area contributed by atoms with Crippen molar-refractivity contribution in [2.45, 2.75) is 10.9 Å². The van der Waals surface area contributed by atoms with Crippen molar-refractivity contribution in [3.63, 3.8) is 0 Å². The van der Waals surface area contributed by atoms with Gasteiger partial charge in [0.05, 0.1) is 10.9 Å². The number of oxime groups is 1. The molecule has 5 nitrogen and oxygen atoms in total. The molecule has 1 unspecified atom stereocenters. The Morgan fingerprint density at radius 2 is 2.11 bits per heavy atom. The summed E-state index contributed by atoms with van der Waals surface area (Å²) in [5.74, 6) is 0.704. The maximum absolute atomic E-state index is 8.89. The Morgan fingerprint density at radius 3 is 2.74 bits per heavy atom. The lowest BCUT2D eigenvalue weighted by Crippen LogP contribution is -2.23. The summed E-state index contributed by atoms with van der Waals surface area (Å²) in [5.41, 5.74) is 6.78. The lowest BCUT2D eigenvalue weighted by molar-refractivity contribution is 0.316. The molecule has 0 amide bonds. The molecule has 0 aliphatic heterocycles. The van der Waals surface area contributed by atoms with Gasteiger partial charge in [-0.25, -0.2) is 9.97 Å². The van der Waals surface area contributed by atoms with E-state index in [0.29, 0.717) is 5.75 Å². The van der Waals surface area contributed by atoms with Gasteiger partial charge in [0.1, 0.15) is 12.2 Å². The summed E-state index contributed by atoms with van der Waals surface area (Å²) in [6.45, 7) is 0. The zero-order chi connectivity index (χ0) is 13.5. The molecule has 2 aromatic rings. The van der Waals surface area contributed by atoms with E-state index in [1.165, 1.54) is 6.33 Å². The van der Waals surface area contributed by atoms with Gasteiger partial charge in [0.25, 0.3) is 0 Å². The fourth-order valence-corrected chi connectivity index (χ4v) is 2.62. The van der Waals surface area contributed by atoms with Crippen molar-refractivity contribution in [3.05, 3.63) is 54.5 Å². The Bertz CT molecular complexity index is 533. The van der Waals surface area contributed by atoms with E-state index in [1.807, 2.05) is 36.4 Å². The summed E-state index contributed by atoms with van der Waals surface area (Å²) < 4.78 is 0. The van der Waals surface area contributed by atoms with Crippen LogP contribution in [0.4, 0.5) is 0 Å². The minimum atomic E-state index is -0.147. The first-order chi connectivity index (χ1) is 9.31. The number of hydrogen-bond donors (Lipinski definition) is 2. The molecule has 0 fully saturated rings. The van der Waals surface area contributed by atoms with Crippen molar-refractivity contribution in [2.75, 3.05) is 5.75 Å². The van der Waals surface area contributed by atoms with E-state index in [1.54, 1.807) is 18.0 Å². The second-order valence-electron chi connectivity index (χ2n) is 3.85. The van der Waals surface area contributed by atoms with Crippen LogP contribution in [0.2, 0.25) is 0 Å². The second-order valence-corrected chi connectivity index (χ2v) is 4.89. The number of aromatic nitrogens is 2. The molecule has 0 saturated heterocycles. The number of benzene rings is 1. The van der Waals surface area contributed by atoms with Crippen LogP contribution < -0.4 is 5.73 Å². The van der Waals surface area contributed by atoms with Crippen LogP contribution in [0.5, 0.6) is 0 Å². The van der Waals surface area contributed by atoms with Crippen LogP contribution in [-0.2, 0) is 0 Å². The van der Waals surface area contributed by atoms with Gasteiger partial charge in [-0.15, -0.1) is 11.8 Å². The zero-order valence-corrected chi connectivity index (χ0v) is 11.0. The Morgan fingerprint density at radius 1 is 1.32 bits per heavy atom. The van der Waals surface area contributed by atoms with Gasteiger partial charge in [0, 0.05) is 11.9 Å². The van der Waals surface area contributed by atoms with Crippen LogP contribution in [0.1, 0.15) is 11.5 Å². The predicted octanol–water partition coefficient (Wildman–Crippen LogP) is 2.10. The molecule has 3 N–H and O–H groups in total. The van der Waals surface area contributed by atoms with Crippen molar-refractivity contribution >= 4 is 17.6 Å². The van der Waals surface area contributed by atoms with Crippen LogP contribution in [0.25, 0.3) is 0 Å². The largest absolute Gasteiger partial charge is 0.409 e. The molecule has 1 atom stereocenters. The average Bonchev–Trinajstić information content (AvgIpc) is 2.49. The highest BCUT2D eigenvalue weighted by molar-refractivity contribution is 7.99. The minimum absolute atomic E-state index is 0.147. The fraction of sp³-hybridized carbons (Fsp3) is 0.154. The standard InChI is InChI=1S/C13H14N4OS/c14-13(17-18)11(10-4-2-1-3-5-10)8-19-12-6-7-15-9-16-12/h1-7,9,11,18H,8H2,(H2,14,17). The maximum Gasteiger partial charge on any atom is 0.147 e. The number of hydrogen-bond acceptors (Lipinski definition) is 5. The highest BCUT2D eigenvalue weighted by Gasteiger charge is 2.17. The fourth-order valence-electron chi connectivity index (χ4n) is 1.64. The molecule has 1 heterocycles. The van der Waals surface area contributed by atoms with Crippen molar-refractivity contribution in [1.29, 1.82) is 0 Å². The normalized spacial score (nSPS) is 13.2. The van der Waals surface area contributed by atoms with Gasteiger partial charge in [0.15, 0.2) is 0 Å². The summed E-state index contributed by atoms with van der Waals surface area (Å²) >= 11 is 1.54.